The second-order valence-electron chi connectivity index (χ2n) is 8.06. The maximum Gasteiger partial charge on any atom is 0.264 e. The smallest absolute Gasteiger partial charge is 0.264 e. The lowest BCUT2D eigenvalue weighted by atomic mass is 9.91. The number of aryl methyl sites for hydroxylation is 2. The third-order valence-corrected chi connectivity index (χ3v) is 5.78. The summed E-state index contributed by atoms with van der Waals surface area (Å²) in [6.45, 7) is 7.14. The molecule has 1 atom stereocenters. The van der Waals surface area contributed by atoms with Crippen molar-refractivity contribution in [1.29, 1.82) is 0 Å². The lowest BCUT2D eigenvalue weighted by Crippen LogP contribution is -2.41. The van der Waals surface area contributed by atoms with E-state index >= 15 is 0 Å². The van der Waals surface area contributed by atoms with Gasteiger partial charge >= 0.3 is 0 Å². The number of halogens is 2. The fraction of sp³-hybridized carbons (Fsp3) is 0.524. The normalized spacial score (nSPS) is 16.5. The van der Waals surface area contributed by atoms with Crippen LogP contribution in [0.1, 0.15) is 54.8 Å². The minimum atomic E-state index is -2.62. The Bertz CT molecular complexity index is 1050. The second kappa shape index (κ2) is 8.12. The van der Waals surface area contributed by atoms with Gasteiger partial charge in [-0.1, -0.05) is 12.1 Å². The highest BCUT2D eigenvalue weighted by atomic mass is 19.3. The minimum absolute atomic E-state index is 0.00503. The summed E-state index contributed by atoms with van der Waals surface area (Å²) in [6, 6.07) is 3.39. The zero-order valence-corrected chi connectivity index (χ0v) is 17.3. The van der Waals surface area contributed by atoms with E-state index in [0.717, 1.165) is 5.69 Å². The molecule has 0 unspecified atom stereocenters. The quantitative estimate of drug-likeness (QED) is 0.627. The van der Waals surface area contributed by atoms with E-state index in [-0.39, 0.29) is 29.0 Å². The first-order valence-corrected chi connectivity index (χ1v) is 10.2. The van der Waals surface area contributed by atoms with Crippen molar-refractivity contribution >= 4 is 17.0 Å². The van der Waals surface area contributed by atoms with E-state index in [0.29, 0.717) is 49.2 Å². The summed E-state index contributed by atoms with van der Waals surface area (Å²) in [4.78, 5) is 19.1. The van der Waals surface area contributed by atoms with Crippen LogP contribution in [0.3, 0.4) is 0 Å². The molecule has 160 valence electrons. The average Bonchev–Trinajstić information content (AvgIpc) is 3.32. The van der Waals surface area contributed by atoms with Crippen LogP contribution in [0, 0.1) is 19.8 Å². The van der Waals surface area contributed by atoms with Crippen molar-refractivity contribution in [2.75, 3.05) is 13.1 Å². The van der Waals surface area contributed by atoms with Crippen molar-refractivity contribution in [3.05, 3.63) is 41.0 Å². The first-order valence-electron chi connectivity index (χ1n) is 10.2. The SMILES string of the molecule is Cc1ccn(C[C@H](C)C(=O)N2CCC(c3cc(C(F)F)c4c(C)noc4n3)CC2)n1. The molecule has 0 aromatic carbocycles. The molecule has 4 rings (SSSR count). The molecule has 0 radical (unpaired) electrons. The fourth-order valence-corrected chi connectivity index (χ4v) is 4.16. The van der Waals surface area contributed by atoms with E-state index in [1.165, 1.54) is 6.07 Å². The number of hydrogen-bond donors (Lipinski definition) is 0. The summed E-state index contributed by atoms with van der Waals surface area (Å²) >= 11 is 0. The van der Waals surface area contributed by atoms with E-state index in [1.807, 2.05) is 31.0 Å². The number of aromatic nitrogens is 4. The van der Waals surface area contributed by atoms with Gasteiger partial charge in [-0.15, -0.1) is 0 Å². The number of carbonyl (C=O) groups is 1. The third-order valence-electron chi connectivity index (χ3n) is 5.78. The molecule has 1 fully saturated rings. The topological polar surface area (TPSA) is 77.0 Å². The largest absolute Gasteiger partial charge is 0.342 e. The number of alkyl halides is 2. The van der Waals surface area contributed by atoms with Gasteiger partial charge in [0.05, 0.1) is 29.2 Å². The van der Waals surface area contributed by atoms with Crippen molar-refractivity contribution in [3.8, 4) is 0 Å². The molecule has 0 saturated carbocycles. The van der Waals surface area contributed by atoms with Gasteiger partial charge < -0.3 is 9.42 Å². The van der Waals surface area contributed by atoms with Crippen LogP contribution in [0.5, 0.6) is 0 Å². The minimum Gasteiger partial charge on any atom is -0.342 e. The van der Waals surface area contributed by atoms with Crippen molar-refractivity contribution in [3.63, 3.8) is 0 Å². The molecule has 1 amide bonds. The maximum atomic E-state index is 13.6. The van der Waals surface area contributed by atoms with Gasteiger partial charge in [0.1, 0.15) is 0 Å². The highest BCUT2D eigenvalue weighted by Gasteiger charge is 2.29. The molecule has 0 spiro atoms. The summed E-state index contributed by atoms with van der Waals surface area (Å²) in [5.74, 6) is -0.0903. The molecule has 1 aliphatic heterocycles. The number of hydrogen-bond acceptors (Lipinski definition) is 5. The van der Waals surface area contributed by atoms with E-state index < -0.39 is 6.43 Å². The molecule has 30 heavy (non-hydrogen) atoms. The van der Waals surface area contributed by atoms with Crippen molar-refractivity contribution in [2.45, 2.75) is 52.5 Å². The lowest BCUT2D eigenvalue weighted by Gasteiger charge is -2.33. The number of piperidine rings is 1. The third kappa shape index (κ3) is 3.93. The highest BCUT2D eigenvalue weighted by Crippen LogP contribution is 2.35. The van der Waals surface area contributed by atoms with Crippen LogP contribution in [0.4, 0.5) is 8.78 Å². The Labute approximate surface area is 173 Å². The predicted octanol–water partition coefficient (Wildman–Crippen LogP) is 4.02. The van der Waals surface area contributed by atoms with E-state index in [4.69, 9.17) is 4.52 Å². The van der Waals surface area contributed by atoms with Gasteiger partial charge in [0.15, 0.2) is 0 Å². The average molecular weight is 417 g/mol. The van der Waals surface area contributed by atoms with Gasteiger partial charge in [0, 0.05) is 36.5 Å². The van der Waals surface area contributed by atoms with E-state index in [9.17, 15) is 13.6 Å². The van der Waals surface area contributed by atoms with Crippen molar-refractivity contribution < 1.29 is 18.1 Å². The number of rotatable bonds is 5. The Morgan fingerprint density at radius 2 is 2.03 bits per heavy atom. The number of nitrogens with zero attached hydrogens (tertiary/aromatic N) is 5. The Morgan fingerprint density at radius 3 is 2.67 bits per heavy atom. The molecule has 0 aliphatic carbocycles. The molecular weight excluding hydrogens is 392 g/mol. The number of pyridine rings is 1. The van der Waals surface area contributed by atoms with Crippen LogP contribution in [0.2, 0.25) is 0 Å². The van der Waals surface area contributed by atoms with E-state index in [1.54, 1.807) is 11.6 Å². The van der Waals surface area contributed by atoms with Crippen LogP contribution in [-0.4, -0.2) is 43.8 Å². The molecular formula is C21H25F2N5O2. The van der Waals surface area contributed by atoms with Gasteiger partial charge in [0.25, 0.3) is 12.1 Å². The molecule has 0 N–H and O–H groups in total. The summed E-state index contributed by atoms with van der Waals surface area (Å²) in [6.07, 6.45) is 0.598. The van der Waals surface area contributed by atoms with Crippen LogP contribution in [-0.2, 0) is 11.3 Å². The van der Waals surface area contributed by atoms with Crippen LogP contribution >= 0.6 is 0 Å². The molecule has 3 aromatic heterocycles. The van der Waals surface area contributed by atoms with Crippen molar-refractivity contribution in [1.82, 2.24) is 24.8 Å². The number of likely N-dealkylation sites (tertiary alicyclic amines) is 1. The molecule has 1 saturated heterocycles. The highest BCUT2D eigenvalue weighted by molar-refractivity contribution is 5.80. The summed E-state index contributed by atoms with van der Waals surface area (Å²) < 4.78 is 34.1. The summed E-state index contributed by atoms with van der Waals surface area (Å²) in [5.41, 5.74) is 1.99. The number of fused-ring (bicyclic) bond motifs is 1. The Kier molecular flexibility index (Phi) is 5.53. The van der Waals surface area contributed by atoms with Gasteiger partial charge in [-0.2, -0.15) is 5.10 Å². The second-order valence-corrected chi connectivity index (χ2v) is 8.06. The van der Waals surface area contributed by atoms with Crippen LogP contribution < -0.4 is 0 Å². The zero-order chi connectivity index (χ0) is 21.4. The number of amides is 1. The molecule has 3 aromatic rings. The fourth-order valence-electron chi connectivity index (χ4n) is 4.16. The Hall–Kier alpha value is -2.84. The van der Waals surface area contributed by atoms with Gasteiger partial charge in [-0.25, -0.2) is 13.8 Å². The maximum absolute atomic E-state index is 13.6. The molecule has 9 heteroatoms. The van der Waals surface area contributed by atoms with Crippen LogP contribution in [0.15, 0.2) is 22.9 Å². The molecule has 0 bridgehead atoms. The Morgan fingerprint density at radius 1 is 1.30 bits per heavy atom. The Balaban J connectivity index is 1.43. The van der Waals surface area contributed by atoms with Crippen LogP contribution in [0.25, 0.3) is 11.1 Å². The van der Waals surface area contributed by atoms with Gasteiger partial charge in [-0.05, 0) is 38.8 Å². The van der Waals surface area contributed by atoms with Gasteiger partial charge in [-0.3, -0.25) is 9.48 Å². The van der Waals surface area contributed by atoms with Crippen molar-refractivity contribution in [2.24, 2.45) is 5.92 Å². The summed E-state index contributed by atoms with van der Waals surface area (Å²) in [7, 11) is 0. The first kappa shape index (κ1) is 20.4. The summed E-state index contributed by atoms with van der Waals surface area (Å²) in [5, 5.41) is 8.42. The lowest BCUT2D eigenvalue weighted by molar-refractivity contribution is -0.136. The van der Waals surface area contributed by atoms with E-state index in [2.05, 4.69) is 15.2 Å². The standard InChI is InChI=1S/C21H25F2N5O2/c1-12(11-28-9-4-13(2)25-28)21(29)27-7-5-15(6-8-27)17-10-16(19(22)23)18-14(3)26-30-20(18)24-17/h4,9-10,12,15,19H,5-8,11H2,1-3H3/t12-/m0/s1. The predicted molar refractivity (Wildman–Crippen MR) is 106 cm³/mol. The molecule has 4 heterocycles. The number of carbonyl (C=O) groups excluding carboxylic acids is 1. The zero-order valence-electron chi connectivity index (χ0n) is 17.3. The monoisotopic (exact) mass is 417 g/mol. The first-order chi connectivity index (χ1) is 14.3. The molecule has 7 nitrogen and oxygen atoms in total. The van der Waals surface area contributed by atoms with Gasteiger partial charge in [0.2, 0.25) is 5.91 Å². The molecule has 1 aliphatic rings.